The van der Waals surface area contributed by atoms with Crippen molar-refractivity contribution in [2.75, 3.05) is 46.7 Å². The molecule has 1 aromatic carbocycles. The Bertz CT molecular complexity index is 946. The van der Waals surface area contributed by atoms with Gasteiger partial charge in [-0.2, -0.15) is 17.0 Å². The summed E-state index contributed by atoms with van der Waals surface area (Å²) in [7, 11) is 4.91. The van der Waals surface area contributed by atoms with E-state index in [2.05, 4.69) is 4.98 Å². The zero-order chi connectivity index (χ0) is 20.5. The quantitative estimate of drug-likeness (QED) is 0.733. The number of hydrogen-bond donors (Lipinski definition) is 0. The highest BCUT2D eigenvalue weighted by molar-refractivity contribution is 7.86. The van der Waals surface area contributed by atoms with Gasteiger partial charge in [0.05, 0.1) is 18.8 Å². The molecule has 28 heavy (non-hydrogen) atoms. The van der Waals surface area contributed by atoms with Gasteiger partial charge in [-0.25, -0.2) is 9.97 Å². The number of rotatable bonds is 6. The van der Waals surface area contributed by atoms with E-state index in [4.69, 9.17) is 9.72 Å². The van der Waals surface area contributed by atoms with Gasteiger partial charge in [0.25, 0.3) is 10.2 Å². The third-order valence-corrected chi connectivity index (χ3v) is 6.82. The van der Waals surface area contributed by atoms with E-state index in [0.717, 1.165) is 29.0 Å². The first-order chi connectivity index (χ1) is 13.3. The summed E-state index contributed by atoms with van der Waals surface area (Å²) in [6.07, 6.45) is 3.27. The molecule has 0 N–H and O–H groups in total. The van der Waals surface area contributed by atoms with Crippen LogP contribution in [0.15, 0.2) is 30.5 Å². The largest absolute Gasteiger partial charge is 0.497 e. The van der Waals surface area contributed by atoms with Gasteiger partial charge in [-0.05, 0) is 30.5 Å². The van der Waals surface area contributed by atoms with Crippen molar-refractivity contribution in [3.8, 4) is 16.9 Å². The van der Waals surface area contributed by atoms with Crippen LogP contribution >= 0.6 is 0 Å². The first kappa shape index (κ1) is 20.5. The van der Waals surface area contributed by atoms with Gasteiger partial charge in [-0.15, -0.1) is 0 Å². The Labute approximate surface area is 166 Å². The molecule has 8 nitrogen and oxygen atoms in total. The second kappa shape index (κ2) is 8.02. The van der Waals surface area contributed by atoms with Crippen molar-refractivity contribution in [3.05, 3.63) is 36.2 Å². The lowest BCUT2D eigenvalue weighted by molar-refractivity contribution is 0.358. The van der Waals surface area contributed by atoms with Crippen LogP contribution in [-0.4, -0.2) is 68.8 Å². The molecule has 9 heteroatoms. The molecule has 0 amide bonds. The van der Waals surface area contributed by atoms with Crippen LogP contribution in [0.1, 0.15) is 24.6 Å². The molecule has 1 fully saturated rings. The first-order valence-electron chi connectivity index (χ1n) is 9.13. The maximum Gasteiger partial charge on any atom is 0.282 e. The monoisotopic (exact) mass is 405 g/mol. The summed E-state index contributed by atoms with van der Waals surface area (Å²) in [5.74, 6) is 1.28. The number of methoxy groups -OCH3 is 1. The first-order valence-corrected chi connectivity index (χ1v) is 10.5. The summed E-state index contributed by atoms with van der Waals surface area (Å²) in [6, 6.07) is 7.31. The van der Waals surface area contributed by atoms with E-state index in [1.54, 1.807) is 31.7 Å². The predicted octanol–water partition coefficient (Wildman–Crippen LogP) is 2.16. The minimum atomic E-state index is -3.55. The van der Waals surface area contributed by atoms with Crippen LogP contribution in [0.4, 0.5) is 5.95 Å². The third kappa shape index (κ3) is 3.82. The second-order valence-electron chi connectivity index (χ2n) is 7.15. The van der Waals surface area contributed by atoms with Gasteiger partial charge in [0.2, 0.25) is 5.95 Å². The van der Waals surface area contributed by atoms with Crippen LogP contribution in [0.25, 0.3) is 11.1 Å². The molecular weight excluding hydrogens is 378 g/mol. The summed E-state index contributed by atoms with van der Waals surface area (Å²) in [5, 5.41) is 0. The standard InChI is InChI=1S/C19H27N5O3S/c1-22(2)19-20-13-16(14-8-6-9-15(12-14)27-5)18(21-19)17-10-7-11-24(17)28(25,26)23(3)4/h6,8-9,12-13,17H,7,10-11H2,1-5H3/t17-/m0/s1. The molecule has 1 aliphatic rings. The molecule has 3 rings (SSSR count). The van der Waals surface area contributed by atoms with Crippen LogP contribution in [0, 0.1) is 0 Å². The van der Waals surface area contributed by atoms with Gasteiger partial charge in [-0.3, -0.25) is 0 Å². The highest BCUT2D eigenvalue weighted by Gasteiger charge is 2.38. The molecule has 152 valence electrons. The van der Waals surface area contributed by atoms with E-state index in [9.17, 15) is 8.42 Å². The summed E-state index contributed by atoms with van der Waals surface area (Å²) in [4.78, 5) is 11.0. The molecule has 1 aliphatic heterocycles. The maximum atomic E-state index is 12.9. The topological polar surface area (TPSA) is 78.9 Å². The number of hydrogen-bond acceptors (Lipinski definition) is 6. The highest BCUT2D eigenvalue weighted by Crippen LogP contribution is 2.39. The number of nitrogens with zero attached hydrogens (tertiary/aromatic N) is 5. The lowest BCUT2D eigenvalue weighted by Crippen LogP contribution is -2.40. The van der Waals surface area contributed by atoms with E-state index in [0.29, 0.717) is 18.9 Å². The summed E-state index contributed by atoms with van der Waals surface area (Å²) >= 11 is 0. The number of ether oxygens (including phenoxy) is 1. The van der Waals surface area contributed by atoms with E-state index in [1.165, 1.54) is 4.31 Å². The molecule has 0 saturated carbocycles. The molecule has 0 aliphatic carbocycles. The minimum Gasteiger partial charge on any atom is -0.497 e. The van der Waals surface area contributed by atoms with E-state index in [-0.39, 0.29) is 6.04 Å². The van der Waals surface area contributed by atoms with Crippen molar-refractivity contribution in [2.45, 2.75) is 18.9 Å². The van der Waals surface area contributed by atoms with Crippen molar-refractivity contribution in [2.24, 2.45) is 0 Å². The van der Waals surface area contributed by atoms with Crippen molar-refractivity contribution in [3.63, 3.8) is 0 Å². The van der Waals surface area contributed by atoms with Crippen molar-refractivity contribution >= 4 is 16.2 Å². The van der Waals surface area contributed by atoms with Gasteiger partial charge < -0.3 is 9.64 Å². The van der Waals surface area contributed by atoms with E-state index >= 15 is 0 Å². The normalized spacial score (nSPS) is 17.9. The lowest BCUT2D eigenvalue weighted by atomic mass is 10.00. The number of aromatic nitrogens is 2. The van der Waals surface area contributed by atoms with Gasteiger partial charge in [-0.1, -0.05) is 12.1 Å². The molecular formula is C19H27N5O3S. The molecule has 1 aromatic heterocycles. The van der Waals surface area contributed by atoms with Crippen LogP contribution in [-0.2, 0) is 10.2 Å². The van der Waals surface area contributed by atoms with E-state index in [1.807, 2.05) is 43.3 Å². The highest BCUT2D eigenvalue weighted by atomic mass is 32.2. The molecule has 0 unspecified atom stereocenters. The maximum absolute atomic E-state index is 12.9. The Balaban J connectivity index is 2.16. The summed E-state index contributed by atoms with van der Waals surface area (Å²) in [5.41, 5.74) is 2.43. The summed E-state index contributed by atoms with van der Waals surface area (Å²) < 4.78 is 33.9. The van der Waals surface area contributed by atoms with Crippen LogP contribution in [0.3, 0.4) is 0 Å². The SMILES string of the molecule is COc1cccc(-c2cnc(N(C)C)nc2[C@@H]2CCCN2S(=O)(=O)N(C)C)c1. The Morgan fingerprint density at radius 3 is 2.61 bits per heavy atom. The number of benzene rings is 1. The number of anilines is 1. The second-order valence-corrected chi connectivity index (χ2v) is 9.25. The van der Waals surface area contributed by atoms with Gasteiger partial charge in [0.1, 0.15) is 5.75 Å². The fourth-order valence-corrected chi connectivity index (χ4v) is 4.67. The van der Waals surface area contributed by atoms with Crippen molar-refractivity contribution in [1.29, 1.82) is 0 Å². The van der Waals surface area contributed by atoms with Gasteiger partial charge >= 0.3 is 0 Å². The molecule has 1 atom stereocenters. The Morgan fingerprint density at radius 2 is 1.96 bits per heavy atom. The molecule has 2 aromatic rings. The minimum absolute atomic E-state index is 0.338. The third-order valence-electron chi connectivity index (χ3n) is 4.86. The average Bonchev–Trinajstić information content (AvgIpc) is 3.18. The molecule has 1 saturated heterocycles. The Kier molecular flexibility index (Phi) is 5.87. The zero-order valence-corrected chi connectivity index (χ0v) is 17.8. The fourth-order valence-electron chi connectivity index (χ4n) is 3.37. The van der Waals surface area contributed by atoms with Crippen LogP contribution in [0.5, 0.6) is 5.75 Å². The van der Waals surface area contributed by atoms with Crippen molar-refractivity contribution in [1.82, 2.24) is 18.6 Å². The molecule has 0 radical (unpaired) electrons. The van der Waals surface area contributed by atoms with E-state index < -0.39 is 10.2 Å². The van der Waals surface area contributed by atoms with Crippen molar-refractivity contribution < 1.29 is 13.2 Å². The van der Waals surface area contributed by atoms with Crippen LogP contribution in [0.2, 0.25) is 0 Å². The molecule has 0 spiro atoms. The Morgan fingerprint density at radius 1 is 1.21 bits per heavy atom. The van der Waals surface area contributed by atoms with Crippen LogP contribution < -0.4 is 9.64 Å². The molecule has 2 heterocycles. The lowest BCUT2D eigenvalue weighted by Gasteiger charge is -2.28. The smallest absolute Gasteiger partial charge is 0.282 e. The zero-order valence-electron chi connectivity index (χ0n) is 17.0. The van der Waals surface area contributed by atoms with Gasteiger partial charge in [0.15, 0.2) is 0 Å². The van der Waals surface area contributed by atoms with Gasteiger partial charge in [0, 0.05) is 46.5 Å². The predicted molar refractivity (Wildman–Crippen MR) is 110 cm³/mol. The Hall–Kier alpha value is -2.23. The summed E-state index contributed by atoms with van der Waals surface area (Å²) in [6.45, 7) is 0.476. The fraction of sp³-hybridized carbons (Fsp3) is 0.474. The average molecular weight is 406 g/mol. The molecule has 0 bridgehead atoms.